The van der Waals surface area contributed by atoms with E-state index in [0.717, 1.165) is 23.5 Å². The van der Waals surface area contributed by atoms with Crippen molar-refractivity contribution in [1.29, 1.82) is 0 Å². The molecule has 0 unspecified atom stereocenters. The fraction of sp³-hybridized carbons (Fsp3) is 0.0196. The second kappa shape index (κ2) is 13.0. The number of nitrogens with zero attached hydrogens (tertiary/aromatic N) is 2. The summed E-state index contributed by atoms with van der Waals surface area (Å²) in [6.45, 7) is 0. The fourth-order valence-electron chi connectivity index (χ4n) is 8.09. The molecule has 10 rings (SSSR count). The van der Waals surface area contributed by atoms with Crippen molar-refractivity contribution in [3.05, 3.63) is 217 Å². The highest BCUT2D eigenvalue weighted by atomic mass is 15.2. The molecule has 0 amide bonds. The van der Waals surface area contributed by atoms with E-state index in [2.05, 4.69) is 216 Å². The van der Waals surface area contributed by atoms with E-state index in [9.17, 15) is 0 Å². The van der Waals surface area contributed by atoms with E-state index in [1.165, 1.54) is 72.0 Å². The summed E-state index contributed by atoms with van der Waals surface area (Å²) >= 11 is 0. The normalized spacial score (nSPS) is 12.0. The van der Waals surface area contributed by atoms with Gasteiger partial charge in [-0.1, -0.05) is 146 Å². The highest BCUT2D eigenvalue weighted by Crippen LogP contribution is 2.48. The molecule has 0 radical (unpaired) electrons. The number of rotatable bonds is 6. The zero-order valence-corrected chi connectivity index (χ0v) is 29.2. The van der Waals surface area contributed by atoms with Gasteiger partial charge < -0.3 is 9.80 Å². The van der Waals surface area contributed by atoms with Crippen molar-refractivity contribution in [3.63, 3.8) is 0 Å². The number of hydrogen-bond acceptors (Lipinski definition) is 2. The topological polar surface area (TPSA) is 6.48 Å². The first-order valence-corrected chi connectivity index (χ1v) is 18.3. The number of hydrogen-bond donors (Lipinski definition) is 0. The van der Waals surface area contributed by atoms with Crippen LogP contribution in [0.4, 0.5) is 34.1 Å². The molecule has 1 heterocycles. The molecule has 1 aliphatic heterocycles. The molecule has 0 aromatic heterocycles. The Hall–Kier alpha value is -6.90. The van der Waals surface area contributed by atoms with Gasteiger partial charge in [-0.2, -0.15) is 0 Å². The first-order chi connectivity index (χ1) is 26.3. The SMILES string of the molecule is c1ccc(-c2ccc3c(c2)Cc2cc(-c4ccc(N(c5ccccc5)c5cccc6ccccc56)cc4)ccc2N3c2cccc3ccccc23)cc1. The molecular formula is C51H36N2. The minimum atomic E-state index is 0.862. The lowest BCUT2D eigenvalue weighted by molar-refractivity contribution is 1.09. The van der Waals surface area contributed by atoms with Crippen LogP contribution >= 0.6 is 0 Å². The largest absolute Gasteiger partial charge is 0.310 e. The van der Waals surface area contributed by atoms with Gasteiger partial charge in [0, 0.05) is 39.9 Å². The number of fused-ring (bicyclic) bond motifs is 4. The summed E-state index contributed by atoms with van der Waals surface area (Å²) in [6.07, 6.45) is 0.862. The van der Waals surface area contributed by atoms with Crippen molar-refractivity contribution >= 4 is 55.7 Å². The predicted octanol–water partition coefficient (Wildman–Crippen LogP) is 14.2. The van der Waals surface area contributed by atoms with Crippen molar-refractivity contribution in [2.45, 2.75) is 6.42 Å². The van der Waals surface area contributed by atoms with Gasteiger partial charge in [-0.25, -0.2) is 0 Å². The molecule has 2 nitrogen and oxygen atoms in total. The molecule has 250 valence electrons. The van der Waals surface area contributed by atoms with Crippen LogP contribution in [0.25, 0.3) is 43.8 Å². The summed E-state index contributed by atoms with van der Waals surface area (Å²) in [6, 6.07) is 74.9. The Labute approximate surface area is 310 Å². The van der Waals surface area contributed by atoms with Crippen molar-refractivity contribution < 1.29 is 0 Å². The van der Waals surface area contributed by atoms with Crippen LogP contribution in [-0.2, 0) is 6.42 Å². The summed E-state index contributed by atoms with van der Waals surface area (Å²) in [5.41, 5.74) is 14.6. The average molecular weight is 677 g/mol. The van der Waals surface area contributed by atoms with Crippen molar-refractivity contribution in [2.75, 3.05) is 9.80 Å². The Bertz CT molecular complexity index is 2740. The van der Waals surface area contributed by atoms with Crippen LogP contribution in [0.1, 0.15) is 11.1 Å². The molecule has 0 aliphatic carbocycles. The highest BCUT2D eigenvalue weighted by molar-refractivity contribution is 6.01. The molecule has 2 heteroatoms. The molecule has 0 fully saturated rings. The first-order valence-electron chi connectivity index (χ1n) is 18.3. The van der Waals surface area contributed by atoms with Crippen molar-refractivity contribution in [3.8, 4) is 22.3 Å². The smallest absolute Gasteiger partial charge is 0.0540 e. The molecular weight excluding hydrogens is 641 g/mol. The standard InChI is InChI=1S/C51H36N2/c1-3-13-36(14-4-1)40-27-31-48-42(33-40)35-43-34-41(28-32-49(43)53(48)51-24-12-18-39-16-8-10-22-47(39)51)37-25-29-45(30-26-37)52(44-19-5-2-6-20-44)50-23-11-17-38-15-7-9-21-46(38)50/h1-34H,35H2. The van der Waals surface area contributed by atoms with Crippen LogP contribution in [0.2, 0.25) is 0 Å². The molecule has 0 saturated carbocycles. The average Bonchev–Trinajstić information content (AvgIpc) is 3.23. The zero-order chi connectivity index (χ0) is 35.1. The minimum Gasteiger partial charge on any atom is -0.310 e. The van der Waals surface area contributed by atoms with E-state index in [4.69, 9.17) is 0 Å². The third-order valence-corrected chi connectivity index (χ3v) is 10.6. The summed E-state index contributed by atoms with van der Waals surface area (Å²) in [7, 11) is 0. The van der Waals surface area contributed by atoms with E-state index >= 15 is 0 Å². The second-order valence-corrected chi connectivity index (χ2v) is 13.8. The van der Waals surface area contributed by atoms with Crippen LogP contribution in [0.5, 0.6) is 0 Å². The Balaban J connectivity index is 1.07. The summed E-state index contributed by atoms with van der Waals surface area (Å²) < 4.78 is 0. The van der Waals surface area contributed by atoms with Gasteiger partial charge in [0.2, 0.25) is 0 Å². The Kier molecular flexibility index (Phi) is 7.58. The van der Waals surface area contributed by atoms with Gasteiger partial charge in [0.25, 0.3) is 0 Å². The third kappa shape index (κ3) is 5.53. The van der Waals surface area contributed by atoms with Gasteiger partial charge in [0.1, 0.15) is 0 Å². The molecule has 0 N–H and O–H groups in total. The molecule has 9 aromatic carbocycles. The Morgan fingerprint density at radius 2 is 0.830 bits per heavy atom. The van der Waals surface area contributed by atoms with E-state index in [1.54, 1.807) is 0 Å². The predicted molar refractivity (Wildman–Crippen MR) is 224 cm³/mol. The number of benzene rings is 9. The van der Waals surface area contributed by atoms with E-state index in [-0.39, 0.29) is 0 Å². The number of anilines is 6. The van der Waals surface area contributed by atoms with E-state index in [1.807, 2.05) is 0 Å². The van der Waals surface area contributed by atoms with Gasteiger partial charge in [0.05, 0.1) is 11.4 Å². The Morgan fingerprint density at radius 1 is 0.340 bits per heavy atom. The minimum absolute atomic E-state index is 0.862. The van der Waals surface area contributed by atoms with Crippen LogP contribution in [0.15, 0.2) is 206 Å². The van der Waals surface area contributed by atoms with Crippen molar-refractivity contribution in [1.82, 2.24) is 0 Å². The molecule has 53 heavy (non-hydrogen) atoms. The summed E-state index contributed by atoms with van der Waals surface area (Å²) in [4.78, 5) is 4.84. The first kappa shape index (κ1) is 30.9. The van der Waals surface area contributed by atoms with Crippen LogP contribution in [0, 0.1) is 0 Å². The lowest BCUT2D eigenvalue weighted by atomic mass is 9.89. The molecule has 0 atom stereocenters. The molecule has 1 aliphatic rings. The quantitative estimate of drug-likeness (QED) is 0.173. The molecule has 0 bridgehead atoms. The molecule has 0 spiro atoms. The summed E-state index contributed by atoms with van der Waals surface area (Å²) in [5.74, 6) is 0. The third-order valence-electron chi connectivity index (χ3n) is 10.6. The van der Waals surface area contributed by atoms with E-state index < -0.39 is 0 Å². The van der Waals surface area contributed by atoms with Crippen molar-refractivity contribution in [2.24, 2.45) is 0 Å². The van der Waals surface area contributed by atoms with E-state index in [0.29, 0.717) is 0 Å². The molecule has 9 aromatic rings. The van der Waals surface area contributed by atoms with Gasteiger partial charge >= 0.3 is 0 Å². The monoisotopic (exact) mass is 676 g/mol. The van der Waals surface area contributed by atoms with Crippen LogP contribution in [0.3, 0.4) is 0 Å². The second-order valence-electron chi connectivity index (χ2n) is 13.8. The van der Waals surface area contributed by atoms with Gasteiger partial charge in [-0.3, -0.25) is 0 Å². The molecule has 0 saturated heterocycles. The maximum Gasteiger partial charge on any atom is 0.0540 e. The maximum atomic E-state index is 2.47. The lowest BCUT2D eigenvalue weighted by Crippen LogP contribution is -2.19. The zero-order valence-electron chi connectivity index (χ0n) is 29.2. The van der Waals surface area contributed by atoms with Gasteiger partial charge in [-0.15, -0.1) is 0 Å². The van der Waals surface area contributed by atoms with Crippen LogP contribution < -0.4 is 9.80 Å². The Morgan fingerprint density at radius 3 is 1.51 bits per heavy atom. The fourth-order valence-corrected chi connectivity index (χ4v) is 8.09. The number of para-hydroxylation sites is 1. The van der Waals surface area contributed by atoms with Gasteiger partial charge in [0.15, 0.2) is 0 Å². The van der Waals surface area contributed by atoms with Gasteiger partial charge in [-0.05, 0) is 105 Å². The lowest BCUT2D eigenvalue weighted by Gasteiger charge is -2.35. The van der Waals surface area contributed by atoms with Crippen LogP contribution in [-0.4, -0.2) is 0 Å². The maximum absolute atomic E-state index is 2.47. The summed E-state index contributed by atoms with van der Waals surface area (Å²) in [5, 5.41) is 4.94. The highest BCUT2D eigenvalue weighted by Gasteiger charge is 2.26.